The topological polar surface area (TPSA) is 49.8 Å². The third-order valence-electron chi connectivity index (χ3n) is 5.49. The Balaban J connectivity index is 1.51. The van der Waals surface area contributed by atoms with E-state index in [1.54, 1.807) is 7.11 Å². The molecule has 2 aliphatic carbocycles. The molecule has 112 valence electrons. The number of methoxy groups -OCH3 is 1. The summed E-state index contributed by atoms with van der Waals surface area (Å²) in [5.74, 6) is 1.73. The van der Waals surface area contributed by atoms with Gasteiger partial charge < -0.3 is 14.7 Å². The van der Waals surface area contributed by atoms with Crippen LogP contribution in [0.3, 0.4) is 0 Å². The van der Waals surface area contributed by atoms with Crippen LogP contribution in [0.5, 0.6) is 5.75 Å². The summed E-state index contributed by atoms with van der Waals surface area (Å²) in [6, 6.07) is 7.42. The molecule has 0 aromatic heterocycles. The molecule has 3 fully saturated rings. The van der Waals surface area contributed by atoms with Crippen LogP contribution in [0.25, 0.3) is 0 Å². The van der Waals surface area contributed by atoms with Crippen LogP contribution in [-0.2, 0) is 4.79 Å². The zero-order chi connectivity index (χ0) is 14.6. The van der Waals surface area contributed by atoms with E-state index in [4.69, 9.17) is 4.74 Å². The molecule has 4 nitrogen and oxygen atoms in total. The van der Waals surface area contributed by atoms with E-state index < -0.39 is 6.10 Å². The maximum Gasteiger partial charge on any atom is 0.229 e. The lowest BCUT2D eigenvalue weighted by molar-refractivity contribution is -0.137. The molecule has 3 aliphatic rings. The van der Waals surface area contributed by atoms with Gasteiger partial charge >= 0.3 is 0 Å². The molecular formula is C17H21NO3. The highest BCUT2D eigenvalue weighted by atomic mass is 16.5. The maximum atomic E-state index is 12.6. The zero-order valence-electron chi connectivity index (χ0n) is 12.3. The smallest absolute Gasteiger partial charge is 0.229 e. The summed E-state index contributed by atoms with van der Waals surface area (Å²) in [6.45, 7) is 0.797. The van der Waals surface area contributed by atoms with Gasteiger partial charge in [-0.1, -0.05) is 12.1 Å². The van der Waals surface area contributed by atoms with Gasteiger partial charge in [-0.15, -0.1) is 0 Å². The molecule has 1 amide bonds. The first-order valence-corrected chi connectivity index (χ1v) is 7.79. The monoisotopic (exact) mass is 287 g/mol. The van der Waals surface area contributed by atoms with Crippen LogP contribution in [0.1, 0.15) is 37.4 Å². The first-order valence-electron chi connectivity index (χ1n) is 7.79. The molecule has 1 saturated heterocycles. The van der Waals surface area contributed by atoms with Crippen LogP contribution in [0, 0.1) is 11.3 Å². The molecule has 4 rings (SSSR count). The molecule has 2 saturated carbocycles. The van der Waals surface area contributed by atoms with E-state index in [0.717, 1.165) is 43.5 Å². The Bertz CT molecular complexity index is 562. The number of rotatable bonds is 4. The van der Waals surface area contributed by atoms with Gasteiger partial charge in [0.25, 0.3) is 0 Å². The van der Waals surface area contributed by atoms with Crippen molar-refractivity contribution < 1.29 is 14.6 Å². The summed E-state index contributed by atoms with van der Waals surface area (Å²) < 4.78 is 5.15. The van der Waals surface area contributed by atoms with Gasteiger partial charge in [-0.2, -0.15) is 0 Å². The Morgan fingerprint density at radius 1 is 1.38 bits per heavy atom. The van der Waals surface area contributed by atoms with Crippen molar-refractivity contribution in [3.63, 3.8) is 0 Å². The average Bonchev–Trinajstić information content (AvgIpc) is 3.32. The second kappa shape index (κ2) is 4.47. The number of hydrogen-bond acceptors (Lipinski definition) is 3. The molecule has 1 aromatic rings. The molecule has 2 atom stereocenters. The van der Waals surface area contributed by atoms with Crippen LogP contribution < -0.4 is 4.74 Å². The van der Waals surface area contributed by atoms with Crippen molar-refractivity contribution >= 4 is 5.91 Å². The summed E-state index contributed by atoms with van der Waals surface area (Å²) in [6.07, 6.45) is 3.43. The fourth-order valence-electron chi connectivity index (χ4n) is 3.73. The number of amides is 1. The minimum absolute atomic E-state index is 0.00220. The molecule has 2 unspecified atom stereocenters. The SMILES string of the molecule is COc1ccc(C(O)C2CCCN2C(=O)C23CC2C3)cc1. The predicted molar refractivity (Wildman–Crippen MR) is 77.8 cm³/mol. The van der Waals surface area contributed by atoms with Crippen molar-refractivity contribution in [2.75, 3.05) is 13.7 Å². The van der Waals surface area contributed by atoms with Crippen molar-refractivity contribution in [2.45, 2.75) is 37.8 Å². The number of hydrogen-bond donors (Lipinski definition) is 1. The molecular weight excluding hydrogens is 266 g/mol. The van der Waals surface area contributed by atoms with Crippen LogP contribution >= 0.6 is 0 Å². The van der Waals surface area contributed by atoms with Crippen LogP contribution in [-0.4, -0.2) is 35.6 Å². The van der Waals surface area contributed by atoms with E-state index in [1.165, 1.54) is 0 Å². The Kier molecular flexibility index (Phi) is 2.80. The van der Waals surface area contributed by atoms with Gasteiger partial charge in [0.2, 0.25) is 5.91 Å². The van der Waals surface area contributed by atoms with E-state index in [-0.39, 0.29) is 11.5 Å². The Morgan fingerprint density at radius 2 is 2.05 bits per heavy atom. The Hall–Kier alpha value is -1.55. The largest absolute Gasteiger partial charge is 0.497 e. The second-order valence-electron chi connectivity index (χ2n) is 6.69. The average molecular weight is 287 g/mol. The van der Waals surface area contributed by atoms with E-state index in [1.807, 2.05) is 29.2 Å². The molecule has 0 radical (unpaired) electrons. The van der Waals surface area contributed by atoms with Gasteiger partial charge in [-0.3, -0.25) is 4.79 Å². The molecule has 21 heavy (non-hydrogen) atoms. The molecule has 1 N–H and O–H groups in total. The number of carbonyl (C=O) groups excluding carboxylic acids is 1. The van der Waals surface area contributed by atoms with Crippen molar-refractivity contribution in [1.29, 1.82) is 0 Å². The molecule has 1 aliphatic heterocycles. The normalized spacial score (nSPS) is 34.3. The van der Waals surface area contributed by atoms with Crippen molar-refractivity contribution in [3.8, 4) is 5.75 Å². The predicted octanol–water partition coefficient (Wildman–Crippen LogP) is 2.13. The fourth-order valence-corrected chi connectivity index (χ4v) is 3.73. The lowest BCUT2D eigenvalue weighted by atomic mass is 9.99. The standard InChI is InChI=1S/C17H21NO3/c1-21-13-6-4-11(5-7-13)15(19)14-3-2-8-18(14)16(20)17-9-12(17)10-17/h4-7,12,14-15,19H,2-3,8-10H2,1H3. The van der Waals surface area contributed by atoms with Gasteiger partial charge in [0.05, 0.1) is 24.7 Å². The summed E-state index contributed by atoms with van der Waals surface area (Å²) >= 11 is 0. The van der Waals surface area contributed by atoms with Gasteiger partial charge in [-0.05, 0) is 49.3 Å². The van der Waals surface area contributed by atoms with E-state index in [2.05, 4.69) is 0 Å². The maximum absolute atomic E-state index is 12.6. The number of nitrogens with zero attached hydrogens (tertiary/aromatic N) is 1. The van der Waals surface area contributed by atoms with Crippen molar-refractivity contribution in [2.24, 2.45) is 11.3 Å². The van der Waals surface area contributed by atoms with Gasteiger partial charge in [-0.25, -0.2) is 0 Å². The Morgan fingerprint density at radius 3 is 2.62 bits per heavy atom. The first-order chi connectivity index (χ1) is 10.2. The van der Waals surface area contributed by atoms with Crippen LogP contribution in [0.4, 0.5) is 0 Å². The Labute approximate surface area is 124 Å². The summed E-state index contributed by atoms with van der Waals surface area (Å²) in [5.41, 5.74) is 0.864. The van der Waals surface area contributed by atoms with E-state index in [9.17, 15) is 9.90 Å². The van der Waals surface area contributed by atoms with Gasteiger partial charge in [0.15, 0.2) is 0 Å². The highest BCUT2D eigenvalue weighted by Crippen LogP contribution is 2.76. The minimum Gasteiger partial charge on any atom is -0.497 e. The summed E-state index contributed by atoms with van der Waals surface area (Å²) in [7, 11) is 1.63. The van der Waals surface area contributed by atoms with Crippen LogP contribution in [0.15, 0.2) is 24.3 Å². The fraction of sp³-hybridized carbons (Fsp3) is 0.588. The molecule has 0 bridgehead atoms. The number of aliphatic hydroxyl groups is 1. The number of likely N-dealkylation sites (tertiary alicyclic amines) is 1. The summed E-state index contributed by atoms with van der Waals surface area (Å²) in [4.78, 5) is 14.6. The molecule has 1 aromatic carbocycles. The lowest BCUT2D eigenvalue weighted by Gasteiger charge is -2.30. The van der Waals surface area contributed by atoms with E-state index >= 15 is 0 Å². The van der Waals surface area contributed by atoms with E-state index in [0.29, 0.717) is 11.8 Å². The molecule has 0 spiro atoms. The third-order valence-corrected chi connectivity index (χ3v) is 5.49. The zero-order valence-corrected chi connectivity index (χ0v) is 12.3. The number of ether oxygens (including phenoxy) is 1. The number of carbonyl (C=O) groups is 1. The van der Waals surface area contributed by atoms with Gasteiger partial charge in [0.1, 0.15) is 5.75 Å². The lowest BCUT2D eigenvalue weighted by Crippen LogP contribution is -2.41. The number of benzene rings is 1. The number of fused-ring (bicyclic) bond motifs is 1. The molecule has 1 heterocycles. The molecule has 4 heteroatoms. The second-order valence-corrected chi connectivity index (χ2v) is 6.69. The summed E-state index contributed by atoms with van der Waals surface area (Å²) in [5, 5.41) is 10.7. The highest BCUT2D eigenvalue weighted by molar-refractivity contribution is 5.90. The highest BCUT2D eigenvalue weighted by Gasteiger charge is 2.75. The van der Waals surface area contributed by atoms with Crippen molar-refractivity contribution in [1.82, 2.24) is 4.90 Å². The third kappa shape index (κ3) is 1.96. The van der Waals surface area contributed by atoms with Crippen molar-refractivity contribution in [3.05, 3.63) is 29.8 Å². The minimum atomic E-state index is -0.602. The van der Waals surface area contributed by atoms with Gasteiger partial charge in [0, 0.05) is 6.54 Å². The first kappa shape index (κ1) is 13.1. The number of aliphatic hydroxyl groups excluding tert-OH is 1. The quantitative estimate of drug-likeness (QED) is 0.923. The van der Waals surface area contributed by atoms with Crippen LogP contribution in [0.2, 0.25) is 0 Å².